The van der Waals surface area contributed by atoms with Crippen LogP contribution in [0.15, 0.2) is 36.5 Å². The van der Waals surface area contributed by atoms with Crippen molar-refractivity contribution in [3.05, 3.63) is 65.0 Å². The molecule has 19 heavy (non-hydrogen) atoms. The highest BCUT2D eigenvalue weighted by atomic mass is 19.1. The predicted molar refractivity (Wildman–Crippen MR) is 70.6 cm³/mol. The second-order valence-electron chi connectivity index (χ2n) is 4.56. The quantitative estimate of drug-likeness (QED) is 0.918. The van der Waals surface area contributed by atoms with Gasteiger partial charge < -0.3 is 5.73 Å². The minimum absolute atomic E-state index is 0.0315. The van der Waals surface area contributed by atoms with Crippen LogP contribution in [0.2, 0.25) is 0 Å². The fourth-order valence-corrected chi connectivity index (χ4v) is 2.01. The van der Waals surface area contributed by atoms with Gasteiger partial charge in [-0.2, -0.15) is 0 Å². The average molecular weight is 262 g/mol. The van der Waals surface area contributed by atoms with Gasteiger partial charge in [0, 0.05) is 23.5 Å². The van der Waals surface area contributed by atoms with Gasteiger partial charge in [-0.15, -0.1) is 0 Å². The summed E-state index contributed by atoms with van der Waals surface area (Å²) in [6.07, 6.45) is 2.73. The summed E-state index contributed by atoms with van der Waals surface area (Å²) in [4.78, 5) is 4.16. The molecule has 4 heteroatoms. The monoisotopic (exact) mass is 262 g/mol. The Morgan fingerprint density at radius 1 is 1.21 bits per heavy atom. The maximum Gasteiger partial charge on any atom is 0.133 e. The molecule has 0 saturated heterocycles. The van der Waals surface area contributed by atoms with Gasteiger partial charge in [0.05, 0.1) is 0 Å². The van der Waals surface area contributed by atoms with Gasteiger partial charge in [0.1, 0.15) is 11.6 Å². The molecule has 1 aromatic heterocycles. The Labute approximate surface area is 111 Å². The number of nitrogens with zero attached hydrogens (tertiary/aromatic N) is 1. The van der Waals surface area contributed by atoms with Gasteiger partial charge >= 0.3 is 0 Å². The second kappa shape index (κ2) is 5.89. The van der Waals surface area contributed by atoms with Gasteiger partial charge in [0.15, 0.2) is 0 Å². The van der Waals surface area contributed by atoms with E-state index in [0.717, 1.165) is 5.69 Å². The molecular weight excluding hydrogens is 246 g/mol. The summed E-state index contributed by atoms with van der Waals surface area (Å²) in [7, 11) is 0. The topological polar surface area (TPSA) is 38.9 Å². The number of nitrogens with two attached hydrogens (primary N) is 1. The molecule has 0 amide bonds. The van der Waals surface area contributed by atoms with E-state index in [1.54, 1.807) is 13.1 Å². The lowest BCUT2D eigenvalue weighted by atomic mass is 9.98. The molecule has 100 valence electrons. The maximum absolute atomic E-state index is 13.9. The van der Waals surface area contributed by atoms with Gasteiger partial charge in [-0.25, -0.2) is 8.78 Å². The molecule has 1 aromatic carbocycles. The number of benzene rings is 1. The highest BCUT2D eigenvalue weighted by Crippen LogP contribution is 2.24. The van der Waals surface area contributed by atoms with Gasteiger partial charge in [-0.05, 0) is 43.5 Å². The summed E-state index contributed by atoms with van der Waals surface area (Å²) in [6.45, 7) is 1.60. The van der Waals surface area contributed by atoms with E-state index in [1.165, 1.54) is 12.1 Å². The SMILES string of the molecule is Cc1ccc(F)c(C(N)CCc2ccccn2)c1F. The van der Waals surface area contributed by atoms with E-state index in [1.807, 2.05) is 18.2 Å². The molecule has 0 aliphatic carbocycles. The lowest BCUT2D eigenvalue weighted by Gasteiger charge is -2.15. The molecule has 0 aliphatic heterocycles. The van der Waals surface area contributed by atoms with Crippen LogP contribution in [-0.4, -0.2) is 4.98 Å². The Balaban J connectivity index is 2.12. The zero-order chi connectivity index (χ0) is 13.8. The van der Waals surface area contributed by atoms with E-state index < -0.39 is 17.7 Å². The zero-order valence-corrected chi connectivity index (χ0v) is 10.7. The van der Waals surface area contributed by atoms with Gasteiger partial charge in [0.2, 0.25) is 0 Å². The number of aryl methyl sites for hydroxylation is 2. The molecule has 2 N–H and O–H groups in total. The lowest BCUT2D eigenvalue weighted by Crippen LogP contribution is -2.16. The number of aromatic nitrogens is 1. The third-order valence-electron chi connectivity index (χ3n) is 3.13. The smallest absolute Gasteiger partial charge is 0.133 e. The number of hydrogen-bond donors (Lipinski definition) is 1. The molecule has 0 saturated carbocycles. The van der Waals surface area contributed by atoms with Crippen molar-refractivity contribution in [3.8, 4) is 0 Å². The Morgan fingerprint density at radius 3 is 2.68 bits per heavy atom. The Hall–Kier alpha value is -1.81. The molecule has 0 radical (unpaired) electrons. The zero-order valence-electron chi connectivity index (χ0n) is 10.7. The summed E-state index contributed by atoms with van der Waals surface area (Å²) in [5.74, 6) is -1.13. The van der Waals surface area contributed by atoms with Crippen LogP contribution in [0.4, 0.5) is 8.78 Å². The van der Waals surface area contributed by atoms with Crippen LogP contribution in [-0.2, 0) is 6.42 Å². The van der Waals surface area contributed by atoms with Crippen LogP contribution in [0.25, 0.3) is 0 Å². The Kier molecular flexibility index (Phi) is 4.22. The van der Waals surface area contributed by atoms with E-state index in [0.29, 0.717) is 18.4 Å². The van der Waals surface area contributed by atoms with Crippen molar-refractivity contribution in [2.24, 2.45) is 5.73 Å². The van der Waals surface area contributed by atoms with E-state index in [2.05, 4.69) is 4.98 Å². The van der Waals surface area contributed by atoms with E-state index in [-0.39, 0.29) is 5.56 Å². The van der Waals surface area contributed by atoms with Crippen LogP contribution >= 0.6 is 0 Å². The Bertz CT molecular complexity index is 556. The minimum Gasteiger partial charge on any atom is -0.324 e. The molecule has 2 aromatic rings. The molecule has 1 unspecified atom stereocenters. The highest BCUT2D eigenvalue weighted by molar-refractivity contribution is 5.29. The number of halogens is 2. The number of pyridine rings is 1. The highest BCUT2D eigenvalue weighted by Gasteiger charge is 2.18. The van der Waals surface area contributed by atoms with E-state index in [9.17, 15) is 8.78 Å². The fourth-order valence-electron chi connectivity index (χ4n) is 2.01. The molecule has 0 spiro atoms. The van der Waals surface area contributed by atoms with Crippen LogP contribution in [0.1, 0.15) is 29.3 Å². The number of rotatable bonds is 4. The number of hydrogen-bond acceptors (Lipinski definition) is 2. The first-order valence-corrected chi connectivity index (χ1v) is 6.19. The summed E-state index contributed by atoms with van der Waals surface area (Å²) < 4.78 is 27.6. The summed E-state index contributed by atoms with van der Waals surface area (Å²) in [5, 5.41) is 0. The van der Waals surface area contributed by atoms with Crippen molar-refractivity contribution >= 4 is 0 Å². The molecule has 2 rings (SSSR count). The van der Waals surface area contributed by atoms with Crippen molar-refractivity contribution < 1.29 is 8.78 Å². The van der Waals surface area contributed by atoms with E-state index >= 15 is 0 Å². The molecular formula is C15H16F2N2. The van der Waals surface area contributed by atoms with Crippen molar-refractivity contribution in [2.75, 3.05) is 0 Å². The molecule has 1 atom stereocenters. The summed E-state index contributed by atoms with van der Waals surface area (Å²) in [6, 6.07) is 7.58. The van der Waals surface area contributed by atoms with Gasteiger partial charge in [-0.1, -0.05) is 12.1 Å². The normalized spacial score (nSPS) is 12.4. The lowest BCUT2D eigenvalue weighted by molar-refractivity contribution is 0.507. The van der Waals surface area contributed by atoms with Crippen molar-refractivity contribution in [3.63, 3.8) is 0 Å². The largest absolute Gasteiger partial charge is 0.324 e. The summed E-state index contributed by atoms with van der Waals surface area (Å²) >= 11 is 0. The standard InChI is InChI=1S/C15H16F2N2/c1-10-5-7-12(16)14(15(10)17)13(18)8-6-11-4-2-3-9-19-11/h2-5,7,9,13H,6,8,18H2,1H3. The minimum atomic E-state index is -0.665. The molecule has 0 aliphatic rings. The first-order valence-electron chi connectivity index (χ1n) is 6.19. The molecule has 2 nitrogen and oxygen atoms in total. The van der Waals surface area contributed by atoms with E-state index in [4.69, 9.17) is 5.73 Å². The van der Waals surface area contributed by atoms with Crippen LogP contribution in [0.3, 0.4) is 0 Å². The Morgan fingerprint density at radius 2 is 2.00 bits per heavy atom. The van der Waals surface area contributed by atoms with Crippen molar-refractivity contribution in [1.29, 1.82) is 0 Å². The van der Waals surface area contributed by atoms with Crippen LogP contribution < -0.4 is 5.73 Å². The third-order valence-corrected chi connectivity index (χ3v) is 3.13. The van der Waals surface area contributed by atoms with Crippen LogP contribution in [0, 0.1) is 18.6 Å². The van der Waals surface area contributed by atoms with Gasteiger partial charge in [0.25, 0.3) is 0 Å². The van der Waals surface area contributed by atoms with Crippen molar-refractivity contribution in [2.45, 2.75) is 25.8 Å². The van der Waals surface area contributed by atoms with Crippen molar-refractivity contribution in [1.82, 2.24) is 4.98 Å². The maximum atomic E-state index is 13.9. The first-order chi connectivity index (χ1) is 9.09. The molecule has 0 fully saturated rings. The predicted octanol–water partition coefficient (Wildman–Crippen LogP) is 3.30. The average Bonchev–Trinajstić information content (AvgIpc) is 2.42. The molecule has 1 heterocycles. The van der Waals surface area contributed by atoms with Gasteiger partial charge in [-0.3, -0.25) is 4.98 Å². The summed E-state index contributed by atoms with van der Waals surface area (Å²) in [5.41, 5.74) is 7.15. The fraction of sp³-hybridized carbons (Fsp3) is 0.267. The third kappa shape index (κ3) is 3.15. The molecule has 0 bridgehead atoms. The van der Waals surface area contributed by atoms with Crippen LogP contribution in [0.5, 0.6) is 0 Å². The first kappa shape index (κ1) is 13.6. The second-order valence-corrected chi connectivity index (χ2v) is 4.56.